The molecule has 0 saturated heterocycles. The second-order valence-electron chi connectivity index (χ2n) is 7.47. The molecule has 0 amide bonds. The number of carbonyl (C=O) groups excluding carboxylic acids is 1. The van der Waals surface area contributed by atoms with Gasteiger partial charge in [-0.05, 0) is 60.9 Å². The largest absolute Gasteiger partial charge is 0.760 e. The number of hydrogen-bond acceptors (Lipinski definition) is 5. The van der Waals surface area contributed by atoms with Gasteiger partial charge in [-0.1, -0.05) is 23.7 Å². The van der Waals surface area contributed by atoms with Crippen LogP contribution >= 0.6 is 11.6 Å². The standard InChI is InChI=1S/C24H18ClF2N3O3S/c25-17-6-3-15(4-7-17)22-13-28-20-8-5-16(12-21(20)30-22)24(31)18-10-14(11-19(26)23(18)27)2-1-9-29-34(32)33/h3-8,10-13,29H,1-2,9H2,(H,32,33)/p-1. The lowest BCUT2D eigenvalue weighted by molar-refractivity contribution is 0.103. The van der Waals surface area contributed by atoms with Crippen molar-refractivity contribution in [1.82, 2.24) is 14.7 Å². The first kappa shape index (κ1) is 24.0. The molecule has 1 atom stereocenters. The summed E-state index contributed by atoms with van der Waals surface area (Å²) in [5.41, 5.74) is 2.42. The van der Waals surface area contributed by atoms with Gasteiger partial charge in [-0.2, -0.15) is 0 Å². The first-order chi connectivity index (χ1) is 16.3. The van der Waals surface area contributed by atoms with Crippen LogP contribution in [0.15, 0.2) is 60.8 Å². The molecule has 4 rings (SSSR count). The third kappa shape index (κ3) is 5.51. The summed E-state index contributed by atoms with van der Waals surface area (Å²) in [6, 6.07) is 13.9. The molecule has 3 aromatic carbocycles. The second-order valence-corrected chi connectivity index (χ2v) is 8.66. The van der Waals surface area contributed by atoms with Crippen molar-refractivity contribution in [2.45, 2.75) is 12.8 Å². The molecular formula is C24H17ClF2N3O3S-. The number of benzene rings is 3. The van der Waals surface area contributed by atoms with E-state index >= 15 is 0 Å². The van der Waals surface area contributed by atoms with E-state index in [1.807, 2.05) is 0 Å². The third-order valence-corrected chi connectivity index (χ3v) is 5.83. The van der Waals surface area contributed by atoms with Gasteiger partial charge < -0.3 is 4.55 Å². The summed E-state index contributed by atoms with van der Waals surface area (Å²) in [4.78, 5) is 22.0. The summed E-state index contributed by atoms with van der Waals surface area (Å²) in [5, 5.41) is 0.582. The van der Waals surface area contributed by atoms with Gasteiger partial charge in [-0.25, -0.2) is 18.5 Å². The molecule has 0 spiro atoms. The highest BCUT2D eigenvalue weighted by atomic mass is 35.5. The monoisotopic (exact) mass is 500 g/mol. The van der Waals surface area contributed by atoms with Crippen molar-refractivity contribution in [3.8, 4) is 11.3 Å². The molecular weight excluding hydrogens is 484 g/mol. The minimum Gasteiger partial charge on any atom is -0.760 e. The zero-order chi connectivity index (χ0) is 24.2. The molecule has 0 fully saturated rings. The van der Waals surface area contributed by atoms with Crippen LogP contribution in [0.2, 0.25) is 5.02 Å². The number of ketones is 1. The number of fused-ring (bicyclic) bond motifs is 1. The number of aromatic nitrogens is 2. The van der Waals surface area contributed by atoms with Crippen molar-refractivity contribution in [3.63, 3.8) is 0 Å². The van der Waals surface area contributed by atoms with Crippen molar-refractivity contribution >= 4 is 39.7 Å². The number of hydrogen-bond donors (Lipinski definition) is 1. The molecule has 4 aromatic rings. The Morgan fingerprint density at radius 2 is 1.82 bits per heavy atom. The molecule has 0 bridgehead atoms. The average molecular weight is 501 g/mol. The highest BCUT2D eigenvalue weighted by Gasteiger charge is 2.19. The number of nitrogens with one attached hydrogen (secondary N) is 1. The minimum atomic E-state index is -2.40. The minimum absolute atomic E-state index is 0.133. The molecule has 34 heavy (non-hydrogen) atoms. The second kappa shape index (κ2) is 10.4. The summed E-state index contributed by atoms with van der Waals surface area (Å²) in [6.07, 6.45) is 2.21. The number of aryl methyl sites for hydroxylation is 1. The Hall–Kier alpha value is -3.11. The first-order valence-electron chi connectivity index (χ1n) is 10.2. The normalized spacial score (nSPS) is 12.1. The molecule has 1 N–H and O–H groups in total. The van der Waals surface area contributed by atoms with Gasteiger partial charge in [0.2, 0.25) is 0 Å². The summed E-state index contributed by atoms with van der Waals surface area (Å²) in [5.74, 6) is -3.09. The van der Waals surface area contributed by atoms with E-state index in [9.17, 15) is 22.3 Å². The molecule has 1 aromatic heterocycles. The third-order valence-electron chi connectivity index (χ3n) is 5.14. The molecule has 6 nitrogen and oxygen atoms in total. The zero-order valence-corrected chi connectivity index (χ0v) is 19.1. The fraction of sp³-hybridized carbons (Fsp3) is 0.125. The Bertz CT molecular complexity index is 1400. The Morgan fingerprint density at radius 3 is 2.56 bits per heavy atom. The Morgan fingerprint density at radius 1 is 1.06 bits per heavy atom. The molecule has 10 heteroatoms. The molecule has 0 aliphatic heterocycles. The molecule has 1 unspecified atom stereocenters. The van der Waals surface area contributed by atoms with Gasteiger partial charge in [0.15, 0.2) is 17.4 Å². The lowest BCUT2D eigenvalue weighted by Gasteiger charge is -2.10. The van der Waals surface area contributed by atoms with Gasteiger partial charge in [0.25, 0.3) is 0 Å². The van der Waals surface area contributed by atoms with Crippen LogP contribution in [0.1, 0.15) is 27.9 Å². The number of carbonyl (C=O) groups is 1. The van der Waals surface area contributed by atoms with Crippen LogP contribution in [0.5, 0.6) is 0 Å². The van der Waals surface area contributed by atoms with Crippen LogP contribution in [-0.4, -0.2) is 31.1 Å². The van der Waals surface area contributed by atoms with Crippen LogP contribution in [-0.2, 0) is 17.7 Å². The molecule has 1 heterocycles. The highest BCUT2D eigenvalue weighted by Crippen LogP contribution is 2.24. The maximum Gasteiger partial charge on any atom is 0.196 e. The predicted octanol–water partition coefficient (Wildman–Crippen LogP) is 4.78. The van der Waals surface area contributed by atoms with Crippen LogP contribution < -0.4 is 4.72 Å². The van der Waals surface area contributed by atoms with Crippen LogP contribution in [0, 0.1) is 11.6 Å². The van der Waals surface area contributed by atoms with Gasteiger partial charge in [-0.3, -0.25) is 14.0 Å². The van der Waals surface area contributed by atoms with Crippen molar-refractivity contribution in [2.75, 3.05) is 6.54 Å². The maximum absolute atomic E-state index is 14.5. The fourth-order valence-corrected chi connectivity index (χ4v) is 3.91. The van der Waals surface area contributed by atoms with Gasteiger partial charge in [0.1, 0.15) is 0 Å². The number of halogens is 3. The number of nitrogens with zero attached hydrogens (tertiary/aromatic N) is 2. The molecule has 0 aliphatic rings. The zero-order valence-electron chi connectivity index (χ0n) is 17.6. The van der Waals surface area contributed by atoms with E-state index in [1.165, 1.54) is 18.2 Å². The summed E-state index contributed by atoms with van der Waals surface area (Å²) >= 11 is 3.53. The van der Waals surface area contributed by atoms with E-state index in [0.29, 0.717) is 33.7 Å². The molecule has 0 aliphatic carbocycles. The summed E-state index contributed by atoms with van der Waals surface area (Å²) in [7, 11) is 0. The maximum atomic E-state index is 14.5. The smallest absolute Gasteiger partial charge is 0.196 e. The van der Waals surface area contributed by atoms with E-state index in [-0.39, 0.29) is 18.5 Å². The summed E-state index contributed by atoms with van der Waals surface area (Å²) in [6.45, 7) is 0.137. The predicted molar refractivity (Wildman–Crippen MR) is 125 cm³/mol. The topological polar surface area (TPSA) is 95.0 Å². The first-order valence-corrected chi connectivity index (χ1v) is 11.7. The lowest BCUT2D eigenvalue weighted by atomic mass is 9.98. The van der Waals surface area contributed by atoms with Crippen LogP contribution in [0.3, 0.4) is 0 Å². The average Bonchev–Trinajstić information content (AvgIpc) is 2.83. The van der Waals surface area contributed by atoms with E-state index in [1.54, 1.807) is 36.5 Å². The van der Waals surface area contributed by atoms with E-state index in [0.717, 1.165) is 11.6 Å². The van der Waals surface area contributed by atoms with Gasteiger partial charge in [-0.15, -0.1) is 0 Å². The highest BCUT2D eigenvalue weighted by molar-refractivity contribution is 7.77. The van der Waals surface area contributed by atoms with E-state index in [2.05, 4.69) is 14.7 Å². The van der Waals surface area contributed by atoms with Crippen LogP contribution in [0.4, 0.5) is 8.78 Å². The van der Waals surface area contributed by atoms with Crippen molar-refractivity contribution in [3.05, 3.63) is 94.1 Å². The molecule has 174 valence electrons. The van der Waals surface area contributed by atoms with Crippen molar-refractivity contribution < 1.29 is 22.3 Å². The van der Waals surface area contributed by atoms with Crippen molar-refractivity contribution in [2.24, 2.45) is 0 Å². The van der Waals surface area contributed by atoms with Gasteiger partial charge >= 0.3 is 0 Å². The summed E-state index contributed by atoms with van der Waals surface area (Å²) < 4.78 is 52.0. The van der Waals surface area contributed by atoms with Crippen molar-refractivity contribution in [1.29, 1.82) is 0 Å². The molecule has 0 saturated carbocycles. The van der Waals surface area contributed by atoms with Gasteiger partial charge in [0.05, 0.1) is 28.5 Å². The Balaban J connectivity index is 1.63. The van der Waals surface area contributed by atoms with Crippen LogP contribution in [0.25, 0.3) is 22.3 Å². The quantitative estimate of drug-likeness (QED) is 0.213. The van der Waals surface area contributed by atoms with Gasteiger partial charge in [0, 0.05) is 34.0 Å². The van der Waals surface area contributed by atoms with E-state index in [4.69, 9.17) is 11.6 Å². The Kier molecular flexibility index (Phi) is 7.38. The molecule has 0 radical (unpaired) electrons. The Labute approximate surface area is 201 Å². The van der Waals surface area contributed by atoms with E-state index < -0.39 is 34.2 Å². The number of rotatable bonds is 8. The SMILES string of the molecule is O=C(c1ccc2ncc(-c3ccc(Cl)cc3)nc2c1)c1cc(CCCNS(=O)[O-])cc(F)c1F. The fourth-order valence-electron chi connectivity index (χ4n) is 3.47. The lowest BCUT2D eigenvalue weighted by Crippen LogP contribution is -2.18.